The zero-order valence-corrected chi connectivity index (χ0v) is 8.93. The van der Waals surface area contributed by atoms with Crippen molar-refractivity contribution in [2.24, 2.45) is 0 Å². The molecule has 1 aromatic rings. The Morgan fingerprint density at radius 1 is 1.50 bits per heavy atom. The summed E-state index contributed by atoms with van der Waals surface area (Å²) in [5.41, 5.74) is -0.193. The van der Waals surface area contributed by atoms with E-state index in [4.69, 9.17) is 9.47 Å². The van der Waals surface area contributed by atoms with Gasteiger partial charge in [-0.2, -0.15) is 0 Å². The average molecular weight is 225 g/mol. The number of benzene rings is 1. The summed E-state index contributed by atoms with van der Waals surface area (Å²) in [7, 11) is 1.44. The fraction of sp³-hybridized carbons (Fsp3) is 0.300. The summed E-state index contributed by atoms with van der Waals surface area (Å²) >= 11 is 0. The molecule has 16 heavy (non-hydrogen) atoms. The molecule has 0 amide bonds. The summed E-state index contributed by atoms with van der Waals surface area (Å²) in [6, 6.07) is 4.11. The first-order valence-corrected chi connectivity index (χ1v) is 4.49. The molecule has 0 atom stereocenters. The maximum atomic E-state index is 10.7. The highest BCUT2D eigenvalue weighted by Crippen LogP contribution is 2.30. The molecule has 0 saturated carbocycles. The lowest BCUT2D eigenvalue weighted by molar-refractivity contribution is -0.385. The fourth-order valence-corrected chi connectivity index (χ4v) is 1.07. The summed E-state index contributed by atoms with van der Waals surface area (Å²) in [4.78, 5) is 20.8. The van der Waals surface area contributed by atoms with Crippen molar-refractivity contribution in [2.75, 3.05) is 13.7 Å². The van der Waals surface area contributed by atoms with Gasteiger partial charge in [-0.05, 0) is 13.0 Å². The average Bonchev–Trinajstić information content (AvgIpc) is 2.25. The Balaban J connectivity index is 3.00. The van der Waals surface area contributed by atoms with Crippen LogP contribution >= 0.6 is 0 Å². The molecule has 0 spiro atoms. The van der Waals surface area contributed by atoms with Crippen LogP contribution in [0.2, 0.25) is 0 Å². The minimum atomic E-state index is -0.574. The third-order valence-electron chi connectivity index (χ3n) is 1.79. The number of Topliss-reactive ketones (excluding diaryl/α,β-unsaturated/α-hetero) is 1. The molecule has 86 valence electrons. The van der Waals surface area contributed by atoms with Gasteiger partial charge in [-0.25, -0.2) is 0 Å². The number of methoxy groups -OCH3 is 1. The van der Waals surface area contributed by atoms with Crippen LogP contribution in [0.4, 0.5) is 5.69 Å². The molecule has 0 aliphatic rings. The molecule has 0 unspecified atom stereocenters. The number of carbonyl (C=O) groups is 1. The number of ether oxygens (including phenoxy) is 2. The number of nitro groups is 1. The maximum absolute atomic E-state index is 10.7. The van der Waals surface area contributed by atoms with Gasteiger partial charge in [0, 0.05) is 12.1 Å². The number of nitro benzene ring substituents is 1. The van der Waals surface area contributed by atoms with Crippen LogP contribution in [-0.4, -0.2) is 24.4 Å². The van der Waals surface area contributed by atoms with E-state index in [0.29, 0.717) is 5.75 Å². The number of ketones is 1. The first-order chi connectivity index (χ1) is 7.54. The molecule has 0 aliphatic heterocycles. The Morgan fingerprint density at radius 2 is 2.19 bits per heavy atom. The Hall–Kier alpha value is -2.11. The van der Waals surface area contributed by atoms with Gasteiger partial charge in [-0.3, -0.25) is 14.9 Å². The van der Waals surface area contributed by atoms with Crippen LogP contribution in [0.1, 0.15) is 6.92 Å². The van der Waals surface area contributed by atoms with E-state index in [-0.39, 0.29) is 23.8 Å². The number of carbonyl (C=O) groups excluding carboxylic acids is 1. The molecule has 0 radical (unpaired) electrons. The van der Waals surface area contributed by atoms with E-state index in [0.717, 1.165) is 0 Å². The SMILES string of the molecule is COc1ccc([N+](=O)[O-])c(OCC(C)=O)c1. The first-order valence-electron chi connectivity index (χ1n) is 4.49. The maximum Gasteiger partial charge on any atom is 0.311 e. The van der Waals surface area contributed by atoms with E-state index in [9.17, 15) is 14.9 Å². The molecule has 6 nitrogen and oxygen atoms in total. The summed E-state index contributed by atoms with van der Waals surface area (Å²) in [6.07, 6.45) is 0. The van der Waals surface area contributed by atoms with Crippen LogP contribution in [0.3, 0.4) is 0 Å². The van der Waals surface area contributed by atoms with E-state index in [2.05, 4.69) is 0 Å². The van der Waals surface area contributed by atoms with Crippen LogP contribution in [0.15, 0.2) is 18.2 Å². The van der Waals surface area contributed by atoms with Crippen molar-refractivity contribution in [3.8, 4) is 11.5 Å². The van der Waals surface area contributed by atoms with Crippen molar-refractivity contribution in [3.05, 3.63) is 28.3 Å². The topological polar surface area (TPSA) is 78.7 Å². The van der Waals surface area contributed by atoms with E-state index in [1.165, 1.54) is 32.2 Å². The fourth-order valence-electron chi connectivity index (χ4n) is 1.07. The van der Waals surface area contributed by atoms with Gasteiger partial charge in [0.2, 0.25) is 5.75 Å². The second-order valence-electron chi connectivity index (χ2n) is 3.08. The number of hydrogen-bond acceptors (Lipinski definition) is 5. The molecule has 0 bridgehead atoms. The van der Waals surface area contributed by atoms with E-state index in [1.807, 2.05) is 0 Å². The lowest BCUT2D eigenvalue weighted by atomic mass is 10.3. The van der Waals surface area contributed by atoms with Crippen LogP contribution in [0.25, 0.3) is 0 Å². The van der Waals surface area contributed by atoms with Gasteiger partial charge in [-0.1, -0.05) is 0 Å². The van der Waals surface area contributed by atoms with Gasteiger partial charge in [0.1, 0.15) is 12.4 Å². The van der Waals surface area contributed by atoms with E-state index < -0.39 is 4.92 Å². The Bertz CT molecular complexity index is 416. The molecule has 1 aromatic carbocycles. The van der Waals surface area contributed by atoms with Crippen molar-refractivity contribution in [1.29, 1.82) is 0 Å². The van der Waals surface area contributed by atoms with E-state index in [1.54, 1.807) is 0 Å². The molecular formula is C10H11NO5. The second-order valence-corrected chi connectivity index (χ2v) is 3.08. The molecule has 0 N–H and O–H groups in total. The summed E-state index contributed by atoms with van der Waals surface area (Å²) in [5.74, 6) is 0.251. The minimum absolute atomic E-state index is 0.0274. The van der Waals surface area contributed by atoms with Crippen molar-refractivity contribution >= 4 is 11.5 Å². The predicted octanol–water partition coefficient (Wildman–Crippen LogP) is 1.57. The van der Waals surface area contributed by atoms with E-state index >= 15 is 0 Å². The predicted molar refractivity (Wildman–Crippen MR) is 55.8 cm³/mol. The molecule has 1 rings (SSSR count). The van der Waals surface area contributed by atoms with Gasteiger partial charge < -0.3 is 9.47 Å². The molecular weight excluding hydrogens is 214 g/mol. The lowest BCUT2D eigenvalue weighted by Crippen LogP contribution is -2.08. The zero-order chi connectivity index (χ0) is 12.1. The third kappa shape index (κ3) is 2.94. The van der Waals surface area contributed by atoms with Gasteiger partial charge in [0.05, 0.1) is 12.0 Å². The molecule has 0 aliphatic carbocycles. The zero-order valence-electron chi connectivity index (χ0n) is 8.93. The summed E-state index contributed by atoms with van der Waals surface area (Å²) < 4.78 is 9.94. The molecule has 6 heteroatoms. The number of nitrogens with zero attached hydrogens (tertiary/aromatic N) is 1. The smallest absolute Gasteiger partial charge is 0.311 e. The summed E-state index contributed by atoms with van der Waals surface area (Å²) in [5, 5.41) is 10.7. The standard InChI is InChI=1S/C10H11NO5/c1-7(12)6-16-10-5-8(15-2)3-4-9(10)11(13)14/h3-5H,6H2,1-2H3. The monoisotopic (exact) mass is 225 g/mol. The Labute approximate surface area is 91.9 Å². The van der Waals surface area contributed by atoms with Crippen LogP contribution in [-0.2, 0) is 4.79 Å². The van der Waals surface area contributed by atoms with Gasteiger partial charge >= 0.3 is 5.69 Å². The lowest BCUT2D eigenvalue weighted by Gasteiger charge is -2.06. The van der Waals surface area contributed by atoms with Crippen molar-refractivity contribution in [2.45, 2.75) is 6.92 Å². The third-order valence-corrected chi connectivity index (χ3v) is 1.79. The highest BCUT2D eigenvalue weighted by Gasteiger charge is 2.16. The normalized spacial score (nSPS) is 9.62. The largest absolute Gasteiger partial charge is 0.497 e. The molecule has 0 heterocycles. The highest BCUT2D eigenvalue weighted by atomic mass is 16.6. The van der Waals surface area contributed by atoms with Crippen molar-refractivity contribution in [3.63, 3.8) is 0 Å². The Morgan fingerprint density at radius 3 is 2.69 bits per heavy atom. The van der Waals surface area contributed by atoms with Crippen LogP contribution in [0, 0.1) is 10.1 Å². The van der Waals surface area contributed by atoms with Gasteiger partial charge in [0.15, 0.2) is 5.78 Å². The molecule has 0 fully saturated rings. The van der Waals surface area contributed by atoms with Crippen LogP contribution < -0.4 is 9.47 Å². The van der Waals surface area contributed by atoms with Gasteiger partial charge in [0.25, 0.3) is 0 Å². The highest BCUT2D eigenvalue weighted by molar-refractivity contribution is 5.77. The molecule has 0 aromatic heterocycles. The number of hydrogen-bond donors (Lipinski definition) is 0. The van der Waals surface area contributed by atoms with Crippen molar-refractivity contribution < 1.29 is 19.2 Å². The second kappa shape index (κ2) is 5.11. The van der Waals surface area contributed by atoms with Crippen LogP contribution in [0.5, 0.6) is 11.5 Å². The minimum Gasteiger partial charge on any atom is -0.497 e. The Kier molecular flexibility index (Phi) is 3.82. The van der Waals surface area contributed by atoms with Gasteiger partial charge in [-0.15, -0.1) is 0 Å². The first kappa shape index (κ1) is 12.0. The summed E-state index contributed by atoms with van der Waals surface area (Å²) in [6.45, 7) is 1.14. The number of rotatable bonds is 5. The van der Waals surface area contributed by atoms with Crippen molar-refractivity contribution in [1.82, 2.24) is 0 Å². The molecule has 0 saturated heterocycles. The quantitative estimate of drug-likeness (QED) is 0.561.